The molecule has 1 rings (SSSR count). The van der Waals surface area contributed by atoms with Gasteiger partial charge in [-0.25, -0.2) is 4.39 Å². The van der Waals surface area contributed by atoms with Crippen molar-refractivity contribution in [2.75, 3.05) is 26.1 Å². The smallest absolute Gasteiger partial charge is 0.226 e. The van der Waals surface area contributed by atoms with E-state index in [2.05, 4.69) is 5.32 Å². The van der Waals surface area contributed by atoms with Gasteiger partial charge in [0.15, 0.2) is 0 Å². The molecule has 1 aromatic rings. The molecule has 0 radical (unpaired) electrons. The highest BCUT2D eigenvalue weighted by Gasteiger charge is 2.07. The maximum atomic E-state index is 13.3. The fraction of sp³-hybridized carbons (Fsp3) is 0.364. The summed E-state index contributed by atoms with van der Waals surface area (Å²) in [6.45, 7) is 0.303. The van der Waals surface area contributed by atoms with Gasteiger partial charge in [0.1, 0.15) is 11.6 Å². The van der Waals surface area contributed by atoms with Crippen LogP contribution in [0.4, 0.5) is 10.1 Å². The van der Waals surface area contributed by atoms with Crippen LogP contribution < -0.4 is 10.1 Å². The van der Waals surface area contributed by atoms with E-state index in [1.54, 1.807) is 0 Å². The highest BCUT2D eigenvalue weighted by Crippen LogP contribution is 2.21. The summed E-state index contributed by atoms with van der Waals surface area (Å²) in [6.07, 6.45) is 0.188. The van der Waals surface area contributed by atoms with Gasteiger partial charge in [-0.15, -0.1) is 0 Å². The number of anilines is 1. The van der Waals surface area contributed by atoms with Crippen LogP contribution in [-0.4, -0.2) is 26.7 Å². The number of carbonyl (C=O) groups excluding carboxylic acids is 1. The Labute approximate surface area is 93.4 Å². The topological polar surface area (TPSA) is 47.6 Å². The molecule has 4 nitrogen and oxygen atoms in total. The van der Waals surface area contributed by atoms with E-state index in [9.17, 15) is 9.18 Å². The summed E-state index contributed by atoms with van der Waals surface area (Å²) in [5.41, 5.74) is 0.112. The number of rotatable bonds is 5. The molecule has 88 valence electrons. The Balaban J connectivity index is 2.68. The fourth-order valence-electron chi connectivity index (χ4n) is 1.13. The average Bonchev–Trinajstić information content (AvgIpc) is 2.29. The Bertz CT molecular complexity index is 368. The van der Waals surface area contributed by atoms with E-state index in [1.807, 2.05) is 0 Å². The number of carbonyl (C=O) groups is 1. The lowest BCUT2D eigenvalue weighted by molar-refractivity contribution is -0.117. The number of amides is 1. The summed E-state index contributed by atoms with van der Waals surface area (Å²) in [5, 5.41) is 2.45. The van der Waals surface area contributed by atoms with Gasteiger partial charge in [-0.3, -0.25) is 4.79 Å². The second-order valence-electron chi connectivity index (χ2n) is 3.14. The van der Waals surface area contributed by atoms with Crippen LogP contribution in [0.1, 0.15) is 6.42 Å². The summed E-state index contributed by atoms with van der Waals surface area (Å²) in [6, 6.07) is 4.16. The molecule has 0 heterocycles. The van der Waals surface area contributed by atoms with Gasteiger partial charge in [-0.05, 0) is 12.1 Å². The summed E-state index contributed by atoms with van der Waals surface area (Å²) >= 11 is 0. The number of benzene rings is 1. The molecule has 0 saturated carbocycles. The van der Waals surface area contributed by atoms with Crippen LogP contribution >= 0.6 is 0 Å². The van der Waals surface area contributed by atoms with Crippen molar-refractivity contribution in [2.45, 2.75) is 6.42 Å². The van der Waals surface area contributed by atoms with Crippen molar-refractivity contribution in [3.8, 4) is 5.75 Å². The fourth-order valence-corrected chi connectivity index (χ4v) is 1.13. The zero-order valence-electron chi connectivity index (χ0n) is 9.25. The van der Waals surface area contributed by atoms with Crippen LogP contribution in [-0.2, 0) is 9.53 Å². The molecule has 1 amide bonds. The summed E-state index contributed by atoms with van der Waals surface area (Å²) in [7, 11) is 2.98. The summed E-state index contributed by atoms with van der Waals surface area (Å²) in [4.78, 5) is 11.3. The Hall–Kier alpha value is -1.62. The Morgan fingerprint density at radius 1 is 1.44 bits per heavy atom. The lowest BCUT2D eigenvalue weighted by Gasteiger charge is -2.07. The molecule has 16 heavy (non-hydrogen) atoms. The van der Waals surface area contributed by atoms with Gasteiger partial charge in [-0.2, -0.15) is 0 Å². The SMILES string of the molecule is COCCC(=O)Nc1cc(OC)ccc1F. The third kappa shape index (κ3) is 3.51. The molecular weight excluding hydrogens is 213 g/mol. The lowest BCUT2D eigenvalue weighted by Crippen LogP contribution is -2.14. The minimum atomic E-state index is -0.494. The molecule has 0 aliphatic rings. The van der Waals surface area contributed by atoms with Gasteiger partial charge in [0.2, 0.25) is 5.91 Å². The molecule has 5 heteroatoms. The molecule has 0 bridgehead atoms. The second-order valence-corrected chi connectivity index (χ2v) is 3.14. The lowest BCUT2D eigenvalue weighted by atomic mass is 10.2. The first-order valence-corrected chi connectivity index (χ1v) is 4.79. The van der Waals surface area contributed by atoms with E-state index in [-0.39, 0.29) is 18.0 Å². The highest BCUT2D eigenvalue weighted by atomic mass is 19.1. The van der Waals surface area contributed by atoms with Gasteiger partial charge in [0, 0.05) is 13.2 Å². The minimum absolute atomic E-state index is 0.112. The van der Waals surface area contributed by atoms with Crippen LogP contribution in [0.15, 0.2) is 18.2 Å². The van der Waals surface area contributed by atoms with Crippen LogP contribution in [0.2, 0.25) is 0 Å². The number of hydrogen-bond donors (Lipinski definition) is 1. The van der Waals surface area contributed by atoms with Crippen molar-refractivity contribution in [3.05, 3.63) is 24.0 Å². The standard InChI is InChI=1S/C11H14FNO3/c1-15-6-5-11(14)13-10-7-8(16-2)3-4-9(10)12/h3-4,7H,5-6H2,1-2H3,(H,13,14). The molecule has 0 aliphatic carbocycles. The number of nitrogens with one attached hydrogen (secondary N) is 1. The quantitative estimate of drug-likeness (QED) is 0.834. The third-order valence-electron chi connectivity index (χ3n) is 1.98. The van der Waals surface area contributed by atoms with Gasteiger partial charge in [0.25, 0.3) is 0 Å². The van der Waals surface area contributed by atoms with Crippen LogP contribution in [0.25, 0.3) is 0 Å². The third-order valence-corrected chi connectivity index (χ3v) is 1.98. The molecule has 0 aromatic heterocycles. The summed E-state index contributed by atoms with van der Waals surface area (Å²) < 4.78 is 23.0. The Morgan fingerprint density at radius 3 is 2.81 bits per heavy atom. The molecule has 0 fully saturated rings. The second kappa shape index (κ2) is 6.07. The van der Waals surface area contributed by atoms with Crippen molar-refractivity contribution in [2.24, 2.45) is 0 Å². The van der Waals surface area contributed by atoms with Crippen molar-refractivity contribution < 1.29 is 18.7 Å². The van der Waals surface area contributed by atoms with Crippen molar-refractivity contribution in [1.82, 2.24) is 0 Å². The normalized spacial score (nSPS) is 9.94. The molecule has 0 atom stereocenters. The molecule has 1 aromatic carbocycles. The van der Waals surface area contributed by atoms with E-state index in [1.165, 1.54) is 32.4 Å². The highest BCUT2D eigenvalue weighted by molar-refractivity contribution is 5.91. The first kappa shape index (κ1) is 12.4. The van der Waals surface area contributed by atoms with Crippen LogP contribution in [0, 0.1) is 5.82 Å². The number of hydrogen-bond acceptors (Lipinski definition) is 3. The van der Waals surface area contributed by atoms with E-state index < -0.39 is 5.82 Å². The molecular formula is C11H14FNO3. The average molecular weight is 227 g/mol. The molecule has 1 N–H and O–H groups in total. The molecule has 0 unspecified atom stereocenters. The van der Waals surface area contributed by atoms with E-state index in [4.69, 9.17) is 9.47 Å². The predicted octanol–water partition coefficient (Wildman–Crippen LogP) is 1.81. The van der Waals surface area contributed by atoms with E-state index in [0.29, 0.717) is 12.4 Å². The Kier molecular flexibility index (Phi) is 4.72. The van der Waals surface area contributed by atoms with Gasteiger partial charge < -0.3 is 14.8 Å². The van der Waals surface area contributed by atoms with Gasteiger partial charge in [-0.1, -0.05) is 0 Å². The number of methoxy groups -OCH3 is 2. The van der Waals surface area contributed by atoms with E-state index in [0.717, 1.165) is 0 Å². The van der Waals surface area contributed by atoms with E-state index >= 15 is 0 Å². The van der Waals surface area contributed by atoms with Crippen LogP contribution in [0.5, 0.6) is 5.75 Å². The monoisotopic (exact) mass is 227 g/mol. The van der Waals surface area contributed by atoms with Crippen molar-refractivity contribution in [3.63, 3.8) is 0 Å². The zero-order chi connectivity index (χ0) is 12.0. The number of ether oxygens (including phenoxy) is 2. The number of halogens is 1. The van der Waals surface area contributed by atoms with Crippen molar-refractivity contribution >= 4 is 11.6 Å². The largest absolute Gasteiger partial charge is 0.497 e. The molecule has 0 saturated heterocycles. The predicted molar refractivity (Wildman–Crippen MR) is 58.1 cm³/mol. The first-order chi connectivity index (χ1) is 7.67. The van der Waals surface area contributed by atoms with Gasteiger partial charge >= 0.3 is 0 Å². The molecule has 0 spiro atoms. The molecule has 0 aliphatic heterocycles. The maximum Gasteiger partial charge on any atom is 0.226 e. The summed E-state index contributed by atoms with van der Waals surface area (Å²) in [5.74, 6) is -0.302. The maximum absolute atomic E-state index is 13.3. The zero-order valence-corrected chi connectivity index (χ0v) is 9.25. The first-order valence-electron chi connectivity index (χ1n) is 4.79. The van der Waals surface area contributed by atoms with Gasteiger partial charge in [0.05, 0.1) is 25.8 Å². The Morgan fingerprint density at radius 2 is 2.19 bits per heavy atom. The van der Waals surface area contributed by atoms with Crippen LogP contribution in [0.3, 0.4) is 0 Å². The minimum Gasteiger partial charge on any atom is -0.497 e. The van der Waals surface area contributed by atoms with Crippen molar-refractivity contribution in [1.29, 1.82) is 0 Å².